The number of anilines is 1. The molecule has 0 amide bonds. The van der Waals surface area contributed by atoms with E-state index in [4.69, 9.17) is 17.2 Å². The lowest BCUT2D eigenvalue weighted by atomic mass is 9.79. The second-order valence-corrected chi connectivity index (χ2v) is 23.2. The quantitative estimate of drug-likeness (QED) is 0.0166. The molecule has 1 saturated heterocycles. The van der Waals surface area contributed by atoms with Gasteiger partial charge in [-0.25, -0.2) is 4.98 Å². The van der Waals surface area contributed by atoms with Gasteiger partial charge in [-0.1, -0.05) is 141 Å². The molecule has 10 heteroatoms. The topological polar surface area (TPSA) is 107 Å². The molecule has 0 saturated carbocycles. The molecule has 0 radical (unpaired) electrons. The first-order chi connectivity index (χ1) is 39.4. The van der Waals surface area contributed by atoms with Crippen LogP contribution in [0.1, 0.15) is 169 Å². The van der Waals surface area contributed by atoms with Crippen molar-refractivity contribution in [3.05, 3.63) is 198 Å². The third-order valence-corrected chi connectivity index (χ3v) is 15.7. The number of rotatable bonds is 28. The normalized spacial score (nSPS) is 14.0. The molecular weight excluding hydrogens is 1020 g/mol. The smallest absolute Gasteiger partial charge is 0.110 e. The molecular formula is C72H109N9S. The van der Waals surface area contributed by atoms with Gasteiger partial charge in [0, 0.05) is 71.0 Å². The van der Waals surface area contributed by atoms with Crippen molar-refractivity contribution >= 4 is 28.8 Å². The number of likely N-dealkylation sites (tertiary alicyclic amines) is 1. The van der Waals surface area contributed by atoms with Crippen LogP contribution >= 0.6 is 12.2 Å². The highest BCUT2D eigenvalue weighted by Gasteiger charge is 2.31. The van der Waals surface area contributed by atoms with Gasteiger partial charge in [-0.2, -0.15) is 0 Å². The van der Waals surface area contributed by atoms with E-state index in [0.29, 0.717) is 5.92 Å². The summed E-state index contributed by atoms with van der Waals surface area (Å²) in [7, 11) is 6.00. The first-order valence-corrected chi connectivity index (χ1v) is 31.0. The molecule has 82 heavy (non-hydrogen) atoms. The number of hydrogen-bond donors (Lipinski definition) is 6. The van der Waals surface area contributed by atoms with E-state index in [9.17, 15) is 0 Å². The maximum Gasteiger partial charge on any atom is 0.110 e. The fraction of sp³-hybridized carbons (Fsp3) is 0.472. The molecule has 2 aromatic carbocycles. The summed E-state index contributed by atoms with van der Waals surface area (Å²) in [5.74, 6) is 1.24. The zero-order valence-electron chi connectivity index (χ0n) is 52.8. The average Bonchev–Trinajstić information content (AvgIpc) is 3.45. The number of aryl methyl sites for hydroxylation is 3. The first-order valence-electron chi connectivity index (χ1n) is 30.5. The van der Waals surface area contributed by atoms with Gasteiger partial charge >= 0.3 is 0 Å². The number of aromatic nitrogens is 2. The second-order valence-electron chi connectivity index (χ2n) is 22.8. The molecule has 1 fully saturated rings. The van der Waals surface area contributed by atoms with Crippen molar-refractivity contribution in [2.24, 2.45) is 11.7 Å². The minimum atomic E-state index is 0.279. The van der Waals surface area contributed by atoms with Crippen LogP contribution in [0.2, 0.25) is 0 Å². The monoisotopic (exact) mass is 1130 g/mol. The minimum Gasteiger partial charge on any atom is -0.405 e. The molecule has 2 aliphatic heterocycles. The second kappa shape index (κ2) is 37.9. The summed E-state index contributed by atoms with van der Waals surface area (Å²) in [4.78, 5) is 7.53. The Morgan fingerprint density at radius 1 is 0.829 bits per heavy atom. The van der Waals surface area contributed by atoms with Crippen LogP contribution in [0.5, 0.6) is 0 Å². The molecule has 2 atom stereocenters. The molecule has 2 unspecified atom stereocenters. The van der Waals surface area contributed by atoms with Crippen molar-refractivity contribution in [2.45, 2.75) is 176 Å². The number of allylic oxidation sites excluding steroid dienone is 6. The van der Waals surface area contributed by atoms with Crippen LogP contribution in [-0.2, 0) is 32.4 Å². The Bertz CT molecular complexity index is 2790. The summed E-state index contributed by atoms with van der Waals surface area (Å²) in [6.07, 6.45) is 23.6. The minimum absolute atomic E-state index is 0.279. The lowest BCUT2D eigenvalue weighted by Crippen LogP contribution is -2.31. The molecule has 4 aromatic rings. The van der Waals surface area contributed by atoms with E-state index in [1.54, 1.807) is 0 Å². The Labute approximate surface area is 504 Å². The summed E-state index contributed by atoms with van der Waals surface area (Å²) >= 11 is 6.07. The molecule has 4 heterocycles. The molecule has 3 aliphatic rings. The van der Waals surface area contributed by atoms with Gasteiger partial charge in [0.05, 0.1) is 23.4 Å². The van der Waals surface area contributed by atoms with E-state index < -0.39 is 0 Å². The van der Waals surface area contributed by atoms with Crippen LogP contribution in [0, 0.1) is 17.5 Å². The highest BCUT2D eigenvalue weighted by Crippen LogP contribution is 2.44. The number of nitrogens with two attached hydrogens (primary N) is 1. The Kier molecular flexibility index (Phi) is 32.5. The zero-order valence-corrected chi connectivity index (χ0v) is 53.6. The summed E-state index contributed by atoms with van der Waals surface area (Å²) in [5, 5.41) is 17.9. The molecule has 448 valence electrons. The number of unbranched alkanes of at least 4 members (excludes halogenated alkanes) is 2. The molecule has 7 rings (SSSR count). The third-order valence-electron chi connectivity index (χ3n) is 15.2. The first kappa shape index (κ1) is 70.2. The van der Waals surface area contributed by atoms with Crippen molar-refractivity contribution in [1.29, 1.82) is 0 Å². The summed E-state index contributed by atoms with van der Waals surface area (Å²) < 4.78 is 3.34. The number of nitrogens with one attached hydrogen (secondary N) is 5. The molecule has 7 N–H and O–H groups in total. The SMILES string of the molecule is C=C1CCc2c(cc3n(c2=S)Cc2c-3nc3cc(C)c(CCC)cc3c2CNC)C1CC.C=CCCC(=C)CCc1ccc(NC(=C)C(CCCNC)NC)cc1.C=CCNC(=C)CCCCCN1C(=C)CCC1=C.C=CN.CC(C)C. The number of hydrogen-bond acceptors (Lipinski definition) is 9. The molecule has 2 aromatic heterocycles. The molecule has 0 spiro atoms. The maximum absolute atomic E-state index is 6.07. The maximum atomic E-state index is 6.07. The van der Waals surface area contributed by atoms with Crippen LogP contribution in [0.4, 0.5) is 5.69 Å². The summed E-state index contributed by atoms with van der Waals surface area (Å²) in [6.45, 7) is 53.2. The van der Waals surface area contributed by atoms with Crippen molar-refractivity contribution < 1.29 is 0 Å². The fourth-order valence-electron chi connectivity index (χ4n) is 10.8. The fourth-order valence-corrected chi connectivity index (χ4v) is 11.2. The van der Waals surface area contributed by atoms with Gasteiger partial charge in [0.25, 0.3) is 0 Å². The van der Waals surface area contributed by atoms with Crippen LogP contribution in [0.3, 0.4) is 0 Å². The number of nitrogens with zero attached hydrogens (tertiary/aromatic N) is 3. The van der Waals surface area contributed by atoms with Crippen LogP contribution in [-0.4, -0.2) is 61.3 Å². The van der Waals surface area contributed by atoms with Crippen molar-refractivity contribution in [1.82, 2.24) is 35.7 Å². The van der Waals surface area contributed by atoms with Crippen molar-refractivity contribution in [3.8, 4) is 11.4 Å². The number of benzene rings is 2. The van der Waals surface area contributed by atoms with Gasteiger partial charge in [-0.05, 0) is 207 Å². The van der Waals surface area contributed by atoms with E-state index in [2.05, 4.69) is 185 Å². The van der Waals surface area contributed by atoms with E-state index >= 15 is 0 Å². The van der Waals surface area contributed by atoms with E-state index in [1.165, 1.54) is 98.0 Å². The van der Waals surface area contributed by atoms with Gasteiger partial charge in [-0.3, -0.25) is 0 Å². The summed E-state index contributed by atoms with van der Waals surface area (Å²) in [5.41, 5.74) is 25.9. The molecule has 1 aliphatic carbocycles. The van der Waals surface area contributed by atoms with Crippen LogP contribution in [0.25, 0.3) is 22.3 Å². The standard InChI is InChI=1S/C28H33N3S.C22H35N3.C16H26N2.C4H10.C2H5N/c1-6-8-18-12-22-23(14-29-5)24-15-31-26(27(24)30-25(22)11-17(18)4)13-21-19(7-2)16(3)9-10-20(21)28(31)32;1-6-7-9-18(2)11-12-20-13-15-21(16-14-20)25-19(3)22(24-5)10-8-17-23-4;1-5-12-17-14(2)9-7-6-8-13-18-15(3)10-11-16(18)4;1-4(2)3;1-2-3/h11-13,19,29H,3,6-10,14-15H2,1-2,4-5H3;6,13-16,22-25H,1-3,7-12,17H2,4-5H3;5,17H,1-4,6-13H2;4H,1-3H3;2H,1,3H2. The Morgan fingerprint density at radius 2 is 1.51 bits per heavy atom. The predicted octanol–water partition coefficient (Wildman–Crippen LogP) is 17.1. The molecule has 9 nitrogen and oxygen atoms in total. The third kappa shape index (κ3) is 21.9. The Balaban J connectivity index is 0.000000316. The van der Waals surface area contributed by atoms with Gasteiger partial charge in [-0.15, -0.1) is 13.2 Å². The van der Waals surface area contributed by atoms with E-state index in [1.807, 2.05) is 33.3 Å². The molecule has 0 bridgehead atoms. The number of likely N-dealkylation sites (N-methyl/N-ethyl adjacent to an activating group) is 1. The van der Waals surface area contributed by atoms with Crippen LogP contribution < -0.4 is 32.3 Å². The summed E-state index contributed by atoms with van der Waals surface area (Å²) in [6, 6.07) is 16.0. The van der Waals surface area contributed by atoms with Crippen molar-refractivity contribution in [2.75, 3.05) is 46.1 Å². The largest absolute Gasteiger partial charge is 0.405 e. The Morgan fingerprint density at radius 3 is 2.11 bits per heavy atom. The number of fused-ring (bicyclic) bond motifs is 5. The predicted molar refractivity (Wildman–Crippen MR) is 364 cm³/mol. The van der Waals surface area contributed by atoms with Crippen LogP contribution in [0.15, 0.2) is 154 Å². The Hall–Kier alpha value is -6.04. The van der Waals surface area contributed by atoms with E-state index in [0.717, 1.165) is 161 Å². The highest BCUT2D eigenvalue weighted by molar-refractivity contribution is 7.71. The van der Waals surface area contributed by atoms with Gasteiger partial charge < -0.3 is 41.8 Å². The van der Waals surface area contributed by atoms with Gasteiger partial charge in [0.1, 0.15) is 4.64 Å². The average molecular weight is 1130 g/mol. The zero-order chi connectivity index (χ0) is 60.7. The van der Waals surface area contributed by atoms with Gasteiger partial charge in [0.15, 0.2) is 0 Å². The lowest BCUT2D eigenvalue weighted by Gasteiger charge is -2.28. The lowest BCUT2D eigenvalue weighted by molar-refractivity contribution is 0.434. The number of pyridine rings is 2. The van der Waals surface area contributed by atoms with E-state index in [-0.39, 0.29) is 6.04 Å². The van der Waals surface area contributed by atoms with Crippen molar-refractivity contribution in [3.63, 3.8) is 0 Å². The van der Waals surface area contributed by atoms with Gasteiger partial charge in [0.2, 0.25) is 0 Å². The highest BCUT2D eigenvalue weighted by atomic mass is 32.1.